The van der Waals surface area contributed by atoms with E-state index in [9.17, 15) is 24.6 Å². The first-order valence-electron chi connectivity index (χ1n) is 11.8. The standard InChI is InChI=1S/C24H35N3O5/c28-17-21(26(24(31)32)16-18-10-4-1-5-11-18)22(29)27(20-14-8-3-9-15-20)23(30)25-19-12-6-2-7-13-19/h1,4-5,10-11,19-21,28H,2-3,6-9,12-17H2,(H,25,30)(H,31,32). The summed E-state index contributed by atoms with van der Waals surface area (Å²) in [7, 11) is 0. The Bertz CT molecular complexity index is 760. The van der Waals surface area contributed by atoms with E-state index in [4.69, 9.17) is 0 Å². The van der Waals surface area contributed by atoms with Crippen LogP contribution in [-0.4, -0.2) is 62.8 Å². The quantitative estimate of drug-likeness (QED) is 0.592. The van der Waals surface area contributed by atoms with Gasteiger partial charge in [0.2, 0.25) is 0 Å². The largest absolute Gasteiger partial charge is 0.465 e. The maximum absolute atomic E-state index is 13.6. The second-order valence-electron chi connectivity index (χ2n) is 8.88. The molecule has 1 aromatic rings. The van der Waals surface area contributed by atoms with Gasteiger partial charge < -0.3 is 15.5 Å². The van der Waals surface area contributed by atoms with Crippen molar-refractivity contribution in [2.45, 2.75) is 88.9 Å². The molecule has 0 bridgehead atoms. The summed E-state index contributed by atoms with van der Waals surface area (Å²) in [6.45, 7) is -0.728. The molecule has 2 aliphatic rings. The number of amides is 4. The Labute approximate surface area is 189 Å². The Kier molecular flexibility index (Phi) is 8.90. The van der Waals surface area contributed by atoms with Crippen molar-refractivity contribution in [3.05, 3.63) is 35.9 Å². The zero-order valence-corrected chi connectivity index (χ0v) is 18.6. The van der Waals surface area contributed by atoms with Gasteiger partial charge in [-0.05, 0) is 31.2 Å². The van der Waals surface area contributed by atoms with Gasteiger partial charge in [0, 0.05) is 18.6 Å². The molecule has 2 saturated carbocycles. The molecule has 0 saturated heterocycles. The predicted molar refractivity (Wildman–Crippen MR) is 120 cm³/mol. The molecule has 2 aliphatic carbocycles. The van der Waals surface area contributed by atoms with Crippen molar-refractivity contribution in [3.63, 3.8) is 0 Å². The molecular weight excluding hydrogens is 410 g/mol. The SMILES string of the molecule is O=C(O)N(Cc1ccccc1)C(CO)C(=O)N(C(=O)NC1CCCCC1)C1CCCCC1. The molecule has 176 valence electrons. The fourth-order valence-electron chi connectivity index (χ4n) is 4.84. The van der Waals surface area contributed by atoms with Crippen LogP contribution in [0.1, 0.15) is 69.8 Å². The highest BCUT2D eigenvalue weighted by molar-refractivity contribution is 5.98. The van der Waals surface area contributed by atoms with E-state index in [1.807, 2.05) is 6.07 Å². The molecule has 0 heterocycles. The number of imide groups is 1. The third-order valence-corrected chi connectivity index (χ3v) is 6.60. The van der Waals surface area contributed by atoms with Crippen molar-refractivity contribution in [1.29, 1.82) is 0 Å². The van der Waals surface area contributed by atoms with Crippen LogP contribution in [0.15, 0.2) is 30.3 Å². The second-order valence-corrected chi connectivity index (χ2v) is 8.88. The molecule has 0 aliphatic heterocycles. The number of carbonyl (C=O) groups is 3. The smallest absolute Gasteiger partial charge is 0.408 e. The molecule has 4 amide bonds. The lowest BCUT2D eigenvalue weighted by molar-refractivity contribution is -0.137. The molecule has 2 fully saturated rings. The van der Waals surface area contributed by atoms with Gasteiger partial charge in [0.15, 0.2) is 0 Å². The van der Waals surface area contributed by atoms with E-state index in [2.05, 4.69) is 5.32 Å². The Morgan fingerprint density at radius 2 is 1.53 bits per heavy atom. The average Bonchev–Trinajstić information content (AvgIpc) is 2.81. The minimum Gasteiger partial charge on any atom is -0.465 e. The van der Waals surface area contributed by atoms with Gasteiger partial charge in [-0.1, -0.05) is 68.9 Å². The first-order chi connectivity index (χ1) is 15.5. The first-order valence-corrected chi connectivity index (χ1v) is 11.8. The number of rotatable bonds is 7. The lowest BCUT2D eigenvalue weighted by Crippen LogP contribution is -2.59. The van der Waals surface area contributed by atoms with Crippen LogP contribution in [0.2, 0.25) is 0 Å². The molecule has 1 unspecified atom stereocenters. The summed E-state index contributed by atoms with van der Waals surface area (Å²) in [6, 6.07) is 6.89. The van der Waals surface area contributed by atoms with Gasteiger partial charge in [-0.15, -0.1) is 0 Å². The summed E-state index contributed by atoms with van der Waals surface area (Å²) in [5.74, 6) is -0.647. The second kappa shape index (κ2) is 11.9. The van der Waals surface area contributed by atoms with E-state index < -0.39 is 30.7 Å². The van der Waals surface area contributed by atoms with Gasteiger partial charge in [0.1, 0.15) is 6.04 Å². The predicted octanol–water partition coefficient (Wildman–Crippen LogP) is 3.73. The maximum Gasteiger partial charge on any atom is 0.408 e. The fourth-order valence-corrected chi connectivity index (χ4v) is 4.84. The summed E-state index contributed by atoms with van der Waals surface area (Å²) in [5.41, 5.74) is 0.706. The molecule has 32 heavy (non-hydrogen) atoms. The number of nitrogens with one attached hydrogen (secondary N) is 1. The van der Waals surface area contributed by atoms with Gasteiger partial charge in [-0.3, -0.25) is 14.6 Å². The van der Waals surface area contributed by atoms with Crippen LogP contribution in [0.3, 0.4) is 0 Å². The minimum absolute atomic E-state index is 0.0302. The Hall–Kier alpha value is -2.61. The monoisotopic (exact) mass is 445 g/mol. The lowest BCUT2D eigenvalue weighted by Gasteiger charge is -2.38. The van der Waals surface area contributed by atoms with E-state index in [0.29, 0.717) is 18.4 Å². The number of carbonyl (C=O) groups excluding carboxylic acids is 2. The Morgan fingerprint density at radius 3 is 2.09 bits per heavy atom. The van der Waals surface area contributed by atoms with E-state index in [1.165, 1.54) is 4.90 Å². The van der Waals surface area contributed by atoms with Gasteiger partial charge in [-0.25, -0.2) is 9.59 Å². The molecule has 8 nitrogen and oxygen atoms in total. The summed E-state index contributed by atoms with van der Waals surface area (Å²) in [5, 5.41) is 22.9. The fraction of sp³-hybridized carbons (Fsp3) is 0.625. The van der Waals surface area contributed by atoms with Crippen molar-refractivity contribution in [1.82, 2.24) is 15.1 Å². The van der Waals surface area contributed by atoms with Crippen molar-refractivity contribution < 1.29 is 24.6 Å². The molecule has 1 atom stereocenters. The number of benzene rings is 1. The summed E-state index contributed by atoms with van der Waals surface area (Å²) in [4.78, 5) is 41.1. The zero-order chi connectivity index (χ0) is 22.9. The summed E-state index contributed by atoms with van der Waals surface area (Å²) >= 11 is 0. The minimum atomic E-state index is -1.34. The number of hydrogen-bond acceptors (Lipinski definition) is 4. The van der Waals surface area contributed by atoms with Crippen LogP contribution in [0.25, 0.3) is 0 Å². The van der Waals surface area contributed by atoms with Crippen LogP contribution < -0.4 is 5.32 Å². The van der Waals surface area contributed by atoms with E-state index in [0.717, 1.165) is 56.3 Å². The van der Waals surface area contributed by atoms with E-state index >= 15 is 0 Å². The molecule has 3 rings (SSSR count). The zero-order valence-electron chi connectivity index (χ0n) is 18.6. The number of hydrogen-bond donors (Lipinski definition) is 3. The number of aliphatic hydroxyl groups excluding tert-OH is 1. The maximum atomic E-state index is 13.6. The van der Waals surface area contributed by atoms with Gasteiger partial charge in [0.05, 0.1) is 6.61 Å². The molecule has 8 heteroatoms. The summed E-state index contributed by atoms with van der Waals surface area (Å²) < 4.78 is 0. The summed E-state index contributed by atoms with van der Waals surface area (Å²) in [6.07, 6.45) is 8.01. The van der Waals surface area contributed by atoms with E-state index in [-0.39, 0.29) is 18.6 Å². The van der Waals surface area contributed by atoms with Crippen LogP contribution in [0, 0.1) is 0 Å². The first kappa shape index (κ1) is 24.0. The van der Waals surface area contributed by atoms with Crippen LogP contribution in [0.4, 0.5) is 9.59 Å². The van der Waals surface area contributed by atoms with Crippen LogP contribution in [-0.2, 0) is 11.3 Å². The van der Waals surface area contributed by atoms with Gasteiger partial charge in [-0.2, -0.15) is 0 Å². The Balaban J connectivity index is 1.82. The van der Waals surface area contributed by atoms with Crippen molar-refractivity contribution in [2.24, 2.45) is 0 Å². The number of aliphatic hydroxyl groups is 1. The van der Waals surface area contributed by atoms with Crippen LogP contribution >= 0.6 is 0 Å². The average molecular weight is 446 g/mol. The third kappa shape index (κ3) is 6.22. The topological polar surface area (TPSA) is 110 Å². The Morgan fingerprint density at radius 1 is 0.938 bits per heavy atom. The van der Waals surface area contributed by atoms with Gasteiger partial charge >= 0.3 is 12.1 Å². The normalized spacial score (nSPS) is 18.5. The van der Waals surface area contributed by atoms with Crippen molar-refractivity contribution in [2.75, 3.05) is 6.61 Å². The molecule has 0 aromatic heterocycles. The highest BCUT2D eigenvalue weighted by atomic mass is 16.4. The van der Waals surface area contributed by atoms with E-state index in [1.54, 1.807) is 24.3 Å². The lowest BCUT2D eigenvalue weighted by atomic mass is 9.93. The van der Waals surface area contributed by atoms with Crippen molar-refractivity contribution >= 4 is 18.0 Å². The number of carboxylic acid groups (broad SMARTS) is 1. The highest BCUT2D eigenvalue weighted by Gasteiger charge is 2.39. The molecule has 1 aromatic carbocycles. The number of nitrogens with zero attached hydrogens (tertiary/aromatic N) is 2. The molecule has 3 N–H and O–H groups in total. The number of urea groups is 1. The van der Waals surface area contributed by atoms with Gasteiger partial charge in [0.25, 0.3) is 5.91 Å². The van der Waals surface area contributed by atoms with Crippen LogP contribution in [0.5, 0.6) is 0 Å². The molecule has 0 spiro atoms. The highest BCUT2D eigenvalue weighted by Crippen LogP contribution is 2.25. The molecule has 0 radical (unpaired) electrons. The van der Waals surface area contributed by atoms with Crippen molar-refractivity contribution in [3.8, 4) is 0 Å². The molecular formula is C24H35N3O5. The third-order valence-electron chi connectivity index (χ3n) is 6.60.